The molecule has 0 fully saturated rings. The number of hydrogen-bond donors (Lipinski definition) is 3. The number of hydrogen-bond acceptors (Lipinski definition) is 1. The van der Waals surface area contributed by atoms with E-state index >= 15 is 0 Å². The van der Waals surface area contributed by atoms with Crippen LogP contribution in [0.4, 0.5) is 0 Å². The number of rotatable bonds is 0. The number of nitrogens with one attached hydrogen (secondary N) is 1. The molecular weight excluding hydrogens is 259 g/mol. The zero-order chi connectivity index (χ0) is 3.58. The maximum atomic E-state index is 6.06. The second-order valence-corrected chi connectivity index (χ2v) is 0.455. The molecule has 0 aliphatic carbocycles. The molecular formula is CH5CoMnN3Zr. The summed E-state index contributed by atoms with van der Waals surface area (Å²) in [6.45, 7) is 0. The Bertz CT molecular complexity index is 37.9. The van der Waals surface area contributed by atoms with E-state index in [-0.39, 0.29) is 66.0 Å². The van der Waals surface area contributed by atoms with Crippen LogP contribution < -0.4 is 11.5 Å². The van der Waals surface area contributed by atoms with Gasteiger partial charge < -0.3 is 11.5 Å². The Morgan fingerprint density at radius 1 is 1.29 bits per heavy atom. The first-order chi connectivity index (χ1) is 1.73. The van der Waals surface area contributed by atoms with Crippen molar-refractivity contribution in [2.24, 2.45) is 11.5 Å². The average Bonchev–Trinajstić information content (AvgIpc) is 0.811. The molecule has 0 amide bonds. The summed E-state index contributed by atoms with van der Waals surface area (Å²) in [5.74, 6) is -0.333. The topological polar surface area (TPSA) is 75.9 Å². The number of guanidine groups is 1. The van der Waals surface area contributed by atoms with Crippen molar-refractivity contribution in [2.45, 2.75) is 0 Å². The molecule has 0 aromatic rings. The SMILES string of the molecule is N=C(N)N.[Co].[Mn].[Zr]. The van der Waals surface area contributed by atoms with Crippen LogP contribution in [-0.4, -0.2) is 5.96 Å². The van der Waals surface area contributed by atoms with Gasteiger partial charge in [-0.1, -0.05) is 0 Å². The fourth-order valence-electron chi connectivity index (χ4n) is 0. The van der Waals surface area contributed by atoms with Gasteiger partial charge in [-0.3, -0.25) is 5.41 Å². The molecule has 0 aromatic carbocycles. The molecule has 6 heteroatoms. The molecule has 0 rings (SSSR count). The van der Waals surface area contributed by atoms with E-state index in [1.54, 1.807) is 0 Å². The standard InChI is InChI=1S/CH5N3.Co.Mn.Zr/c2-1(3)4;;;/h(H5,2,3,4);;;. The predicted molar refractivity (Wildman–Crippen MR) is 16.1 cm³/mol. The third-order valence-electron chi connectivity index (χ3n) is 0. The van der Waals surface area contributed by atoms with Crippen molar-refractivity contribution in [2.75, 3.05) is 0 Å². The van der Waals surface area contributed by atoms with Crippen molar-refractivity contribution in [1.82, 2.24) is 0 Å². The van der Waals surface area contributed by atoms with Crippen molar-refractivity contribution in [3.8, 4) is 0 Å². The minimum Gasteiger partial charge on any atom is -0.370 e. The van der Waals surface area contributed by atoms with Crippen LogP contribution in [0.15, 0.2) is 0 Å². The van der Waals surface area contributed by atoms with Crippen LogP contribution in [0.25, 0.3) is 0 Å². The van der Waals surface area contributed by atoms with Crippen LogP contribution >= 0.6 is 0 Å². The summed E-state index contributed by atoms with van der Waals surface area (Å²) in [5, 5.41) is 6.06. The predicted octanol–water partition coefficient (Wildman–Crippen LogP) is -1.17. The quantitative estimate of drug-likeness (QED) is 0.293. The van der Waals surface area contributed by atoms with E-state index in [9.17, 15) is 0 Å². The minimum atomic E-state index is -0.333. The van der Waals surface area contributed by atoms with Crippen molar-refractivity contribution in [1.29, 1.82) is 5.41 Å². The zero-order valence-corrected chi connectivity index (χ0v) is 8.05. The monoisotopic (exact) mass is 263 g/mol. The molecule has 5 N–H and O–H groups in total. The molecule has 0 unspecified atom stereocenters. The Kier molecular flexibility index (Phi) is 54.1. The third-order valence-corrected chi connectivity index (χ3v) is 0. The van der Waals surface area contributed by atoms with Crippen LogP contribution in [0.2, 0.25) is 0 Å². The summed E-state index contributed by atoms with van der Waals surface area (Å²) >= 11 is 0. The van der Waals surface area contributed by atoms with E-state index in [1.165, 1.54) is 0 Å². The van der Waals surface area contributed by atoms with E-state index in [4.69, 9.17) is 5.41 Å². The summed E-state index contributed by atoms with van der Waals surface area (Å²) in [4.78, 5) is 0. The Hall–Kier alpha value is 1.18. The van der Waals surface area contributed by atoms with Crippen LogP contribution in [0.5, 0.6) is 0 Å². The van der Waals surface area contributed by atoms with Crippen LogP contribution in [0.1, 0.15) is 0 Å². The molecule has 0 aliphatic heterocycles. The summed E-state index contributed by atoms with van der Waals surface area (Å²) in [7, 11) is 0. The Morgan fingerprint density at radius 2 is 1.29 bits per heavy atom. The molecule has 0 atom stereocenters. The molecule has 3 nitrogen and oxygen atoms in total. The minimum absolute atomic E-state index is 0. The van der Waals surface area contributed by atoms with Gasteiger partial charge in [0.1, 0.15) is 0 Å². The van der Waals surface area contributed by atoms with Crippen molar-refractivity contribution in [3.63, 3.8) is 0 Å². The largest absolute Gasteiger partial charge is 0.370 e. The average molecular weight is 264 g/mol. The molecule has 0 saturated heterocycles. The van der Waals surface area contributed by atoms with E-state index < -0.39 is 0 Å². The van der Waals surface area contributed by atoms with Gasteiger partial charge in [-0.15, -0.1) is 0 Å². The van der Waals surface area contributed by atoms with E-state index in [0.717, 1.165) is 0 Å². The van der Waals surface area contributed by atoms with Crippen molar-refractivity contribution < 1.29 is 60.1 Å². The van der Waals surface area contributed by atoms with Crippen molar-refractivity contribution in [3.05, 3.63) is 0 Å². The normalized spacial score (nSPS) is 3.43. The molecule has 0 spiro atoms. The van der Waals surface area contributed by atoms with Gasteiger partial charge in [0.2, 0.25) is 0 Å². The summed E-state index contributed by atoms with van der Waals surface area (Å²) < 4.78 is 0. The first kappa shape index (κ1) is 24.1. The molecule has 0 bridgehead atoms. The molecule has 7 heavy (non-hydrogen) atoms. The Labute approximate surface area is 82.3 Å². The van der Waals surface area contributed by atoms with Gasteiger partial charge in [0.15, 0.2) is 5.96 Å². The maximum absolute atomic E-state index is 6.06. The van der Waals surface area contributed by atoms with E-state index in [2.05, 4.69) is 11.5 Å². The van der Waals surface area contributed by atoms with Crippen LogP contribution in [0.3, 0.4) is 0 Å². The first-order valence-electron chi connectivity index (χ1n) is 0.827. The Balaban J connectivity index is -0.0000000150. The zero-order valence-electron chi connectivity index (χ0n) is 3.37. The molecule has 0 saturated carbocycles. The number of nitrogens with two attached hydrogens (primary N) is 2. The fraction of sp³-hybridized carbons (Fsp3) is 0. The maximum Gasteiger partial charge on any atom is 0.183 e. The smallest absolute Gasteiger partial charge is 0.183 e. The van der Waals surface area contributed by atoms with Crippen LogP contribution in [0, 0.1) is 5.41 Å². The van der Waals surface area contributed by atoms with E-state index in [1.807, 2.05) is 0 Å². The summed E-state index contributed by atoms with van der Waals surface area (Å²) in [6, 6.07) is 0. The first-order valence-corrected chi connectivity index (χ1v) is 0.827. The van der Waals surface area contributed by atoms with Gasteiger partial charge in [0.25, 0.3) is 0 Å². The second kappa shape index (κ2) is 15.7. The van der Waals surface area contributed by atoms with Crippen LogP contribution in [-0.2, 0) is 60.1 Å². The van der Waals surface area contributed by atoms with Gasteiger partial charge in [0.05, 0.1) is 0 Å². The van der Waals surface area contributed by atoms with Crippen molar-refractivity contribution >= 4 is 5.96 Å². The second-order valence-electron chi connectivity index (χ2n) is 0.455. The molecule has 0 aromatic heterocycles. The summed E-state index contributed by atoms with van der Waals surface area (Å²) in [6.07, 6.45) is 0. The molecule has 0 aliphatic rings. The van der Waals surface area contributed by atoms with Gasteiger partial charge in [-0.05, 0) is 0 Å². The summed E-state index contributed by atoms with van der Waals surface area (Å²) in [5.41, 5.74) is 8.94. The van der Waals surface area contributed by atoms with E-state index in [0.29, 0.717) is 0 Å². The Morgan fingerprint density at radius 3 is 1.29 bits per heavy atom. The van der Waals surface area contributed by atoms with Gasteiger partial charge in [0, 0.05) is 60.1 Å². The van der Waals surface area contributed by atoms with Gasteiger partial charge in [-0.25, -0.2) is 0 Å². The molecule has 2 radical (unpaired) electrons. The molecule has 44 valence electrons. The van der Waals surface area contributed by atoms with Gasteiger partial charge in [-0.2, -0.15) is 0 Å². The van der Waals surface area contributed by atoms with Gasteiger partial charge >= 0.3 is 0 Å². The fourth-order valence-corrected chi connectivity index (χ4v) is 0. The third kappa shape index (κ3) is 139. The molecule has 0 heterocycles.